The van der Waals surface area contributed by atoms with Crippen molar-refractivity contribution in [3.8, 4) is 0 Å². The summed E-state index contributed by atoms with van der Waals surface area (Å²) in [5.41, 5.74) is 5.24. The van der Waals surface area contributed by atoms with Gasteiger partial charge in [-0.1, -0.05) is 6.08 Å². The van der Waals surface area contributed by atoms with Gasteiger partial charge >= 0.3 is 0 Å². The van der Waals surface area contributed by atoms with Crippen molar-refractivity contribution in [2.24, 2.45) is 5.73 Å². The maximum absolute atomic E-state index is 12.1. The lowest BCUT2D eigenvalue weighted by Crippen LogP contribution is -2.54. The number of primary amides is 1. The fraction of sp³-hybridized carbons (Fsp3) is 0.643. The van der Waals surface area contributed by atoms with Crippen LogP contribution in [0, 0.1) is 0 Å². The highest BCUT2D eigenvalue weighted by molar-refractivity contribution is 5.97. The molecule has 1 aliphatic rings. The number of carbonyl (C=O) groups is 3. The Morgan fingerprint density at radius 1 is 1.26 bits per heavy atom. The van der Waals surface area contributed by atoms with E-state index in [9.17, 15) is 24.6 Å². The molecule has 0 aromatic heterocycles. The molecule has 1 rings (SSSR count). The smallest absolute Gasteiger partial charge is 0.247 e. The third-order valence-electron chi connectivity index (χ3n) is 3.77. The topological polar surface area (TPSA) is 154 Å². The van der Waals surface area contributed by atoms with Gasteiger partial charge in [0, 0.05) is 12.0 Å². The van der Waals surface area contributed by atoms with E-state index < -0.39 is 42.1 Å². The zero-order chi connectivity index (χ0) is 17.7. The lowest BCUT2D eigenvalue weighted by atomic mass is 9.89. The van der Waals surface area contributed by atoms with E-state index in [2.05, 4.69) is 16.0 Å². The minimum atomic E-state index is -1.23. The minimum Gasteiger partial charge on any atom is -0.390 e. The molecule has 0 spiro atoms. The van der Waals surface area contributed by atoms with E-state index in [0.29, 0.717) is 0 Å². The number of carbonyl (C=O) groups excluding carboxylic acids is 3. The van der Waals surface area contributed by atoms with Crippen LogP contribution in [-0.4, -0.2) is 65.3 Å². The molecule has 0 aliphatic heterocycles. The molecule has 5 atom stereocenters. The lowest BCUT2D eigenvalue weighted by Gasteiger charge is -2.31. The van der Waals surface area contributed by atoms with Crippen LogP contribution >= 0.6 is 0 Å². The molecular formula is C14H24N4O5. The second kappa shape index (κ2) is 8.04. The maximum Gasteiger partial charge on any atom is 0.247 e. The Morgan fingerprint density at radius 2 is 1.87 bits per heavy atom. The standard InChI is InChI=1S/C14H24N4O5/c1-6(12(15)21)17-14(23)8-4-9(11(20)10(19)5-8)18-13(22)7(2)16-3/h4,6-7,9-11,16,19-20H,5H2,1-3H3,(H2,15,21)(H,17,23)(H,18,22). The monoisotopic (exact) mass is 328 g/mol. The van der Waals surface area contributed by atoms with Crippen LogP contribution in [0.2, 0.25) is 0 Å². The molecule has 0 heterocycles. The number of aliphatic hydroxyl groups is 2. The molecule has 0 saturated carbocycles. The first-order valence-electron chi connectivity index (χ1n) is 7.32. The van der Waals surface area contributed by atoms with Crippen LogP contribution in [0.4, 0.5) is 0 Å². The van der Waals surface area contributed by atoms with Gasteiger partial charge in [0.25, 0.3) is 0 Å². The number of amides is 3. The van der Waals surface area contributed by atoms with Gasteiger partial charge in [0.1, 0.15) is 12.1 Å². The van der Waals surface area contributed by atoms with Gasteiger partial charge in [-0.2, -0.15) is 0 Å². The first-order chi connectivity index (χ1) is 10.7. The molecule has 0 bridgehead atoms. The molecule has 0 aromatic carbocycles. The highest BCUT2D eigenvalue weighted by Crippen LogP contribution is 2.20. The van der Waals surface area contributed by atoms with Crippen LogP contribution in [0.25, 0.3) is 0 Å². The number of nitrogens with two attached hydrogens (primary N) is 1. The summed E-state index contributed by atoms with van der Waals surface area (Å²) in [4.78, 5) is 34.9. The predicted octanol–water partition coefficient (Wildman–Crippen LogP) is -2.88. The quantitative estimate of drug-likeness (QED) is 0.308. The number of nitrogens with one attached hydrogen (secondary N) is 3. The molecule has 5 unspecified atom stereocenters. The third kappa shape index (κ3) is 5.02. The van der Waals surface area contributed by atoms with Crippen LogP contribution in [-0.2, 0) is 14.4 Å². The van der Waals surface area contributed by atoms with Gasteiger partial charge in [-0.05, 0) is 20.9 Å². The average molecular weight is 328 g/mol. The van der Waals surface area contributed by atoms with Gasteiger partial charge in [-0.25, -0.2) is 0 Å². The van der Waals surface area contributed by atoms with E-state index in [1.165, 1.54) is 13.0 Å². The average Bonchev–Trinajstić information content (AvgIpc) is 2.50. The summed E-state index contributed by atoms with van der Waals surface area (Å²) in [6, 6.07) is -2.28. The maximum atomic E-state index is 12.1. The normalized spacial score (nSPS) is 26.7. The van der Waals surface area contributed by atoms with Crippen LogP contribution in [0.3, 0.4) is 0 Å². The van der Waals surface area contributed by atoms with E-state index in [-0.39, 0.29) is 17.9 Å². The third-order valence-corrected chi connectivity index (χ3v) is 3.77. The number of hydrogen-bond acceptors (Lipinski definition) is 6. The van der Waals surface area contributed by atoms with E-state index in [0.717, 1.165) is 0 Å². The number of hydrogen-bond donors (Lipinski definition) is 6. The highest BCUT2D eigenvalue weighted by Gasteiger charge is 2.34. The Bertz CT molecular complexity index is 507. The number of aliphatic hydroxyl groups excluding tert-OH is 2. The van der Waals surface area contributed by atoms with Crippen molar-refractivity contribution in [1.29, 1.82) is 0 Å². The van der Waals surface area contributed by atoms with Gasteiger partial charge in [-0.15, -0.1) is 0 Å². The molecule has 23 heavy (non-hydrogen) atoms. The summed E-state index contributed by atoms with van der Waals surface area (Å²) in [5, 5.41) is 27.6. The predicted molar refractivity (Wildman–Crippen MR) is 82.0 cm³/mol. The van der Waals surface area contributed by atoms with Crippen molar-refractivity contribution in [2.75, 3.05) is 7.05 Å². The first-order valence-corrected chi connectivity index (χ1v) is 7.32. The molecule has 0 saturated heterocycles. The van der Waals surface area contributed by atoms with Gasteiger partial charge in [-0.3, -0.25) is 14.4 Å². The molecule has 9 heteroatoms. The number of rotatable bonds is 6. The van der Waals surface area contributed by atoms with Gasteiger partial charge in [0.05, 0.1) is 18.2 Å². The lowest BCUT2D eigenvalue weighted by molar-refractivity contribution is -0.126. The van der Waals surface area contributed by atoms with E-state index in [1.54, 1.807) is 14.0 Å². The van der Waals surface area contributed by atoms with Gasteiger partial charge < -0.3 is 31.9 Å². The Labute approximate surface area is 134 Å². The molecule has 3 amide bonds. The van der Waals surface area contributed by atoms with E-state index >= 15 is 0 Å². The SMILES string of the molecule is CNC(C)C(=O)NC1C=C(C(=O)NC(C)C(N)=O)CC(O)C1O. The molecular weight excluding hydrogens is 304 g/mol. The molecule has 0 radical (unpaired) electrons. The van der Waals surface area contributed by atoms with Crippen molar-refractivity contribution in [1.82, 2.24) is 16.0 Å². The zero-order valence-corrected chi connectivity index (χ0v) is 13.4. The Morgan fingerprint density at radius 3 is 2.39 bits per heavy atom. The fourth-order valence-electron chi connectivity index (χ4n) is 2.05. The summed E-state index contributed by atoms with van der Waals surface area (Å²) in [5.74, 6) is -1.65. The molecule has 130 valence electrons. The molecule has 1 aliphatic carbocycles. The van der Waals surface area contributed by atoms with Crippen molar-refractivity contribution >= 4 is 17.7 Å². The van der Waals surface area contributed by atoms with Crippen molar-refractivity contribution in [2.45, 2.75) is 50.6 Å². The molecule has 9 nitrogen and oxygen atoms in total. The zero-order valence-electron chi connectivity index (χ0n) is 13.4. The fourth-order valence-corrected chi connectivity index (χ4v) is 2.05. The number of likely N-dealkylation sites (N-methyl/N-ethyl adjacent to an activating group) is 1. The summed E-state index contributed by atoms with van der Waals surface area (Å²) in [6.07, 6.45) is -1.15. The molecule has 7 N–H and O–H groups in total. The Hall–Kier alpha value is -1.97. The Balaban J connectivity index is 2.87. The van der Waals surface area contributed by atoms with Gasteiger partial charge in [0.2, 0.25) is 17.7 Å². The van der Waals surface area contributed by atoms with Crippen molar-refractivity contribution in [3.63, 3.8) is 0 Å². The summed E-state index contributed by atoms with van der Waals surface area (Å²) < 4.78 is 0. The van der Waals surface area contributed by atoms with E-state index in [1.807, 2.05) is 0 Å². The summed E-state index contributed by atoms with van der Waals surface area (Å²) in [7, 11) is 1.61. The highest BCUT2D eigenvalue weighted by atomic mass is 16.3. The van der Waals surface area contributed by atoms with Crippen LogP contribution in [0.15, 0.2) is 11.6 Å². The molecule has 0 fully saturated rings. The second-order valence-electron chi connectivity index (χ2n) is 5.60. The second-order valence-corrected chi connectivity index (χ2v) is 5.60. The summed E-state index contributed by atoms with van der Waals surface area (Å²) >= 11 is 0. The summed E-state index contributed by atoms with van der Waals surface area (Å²) in [6.45, 7) is 3.07. The van der Waals surface area contributed by atoms with Crippen molar-refractivity contribution < 1.29 is 24.6 Å². The Kier molecular flexibility index (Phi) is 6.67. The largest absolute Gasteiger partial charge is 0.390 e. The van der Waals surface area contributed by atoms with Gasteiger partial charge in [0.15, 0.2) is 0 Å². The van der Waals surface area contributed by atoms with Crippen molar-refractivity contribution in [3.05, 3.63) is 11.6 Å². The minimum absolute atomic E-state index is 0.0908. The van der Waals surface area contributed by atoms with Crippen LogP contribution in [0.5, 0.6) is 0 Å². The van der Waals surface area contributed by atoms with Crippen LogP contribution < -0.4 is 21.7 Å². The van der Waals surface area contributed by atoms with E-state index in [4.69, 9.17) is 5.73 Å². The first kappa shape index (κ1) is 19.1. The molecule has 0 aromatic rings. The van der Waals surface area contributed by atoms with Crippen LogP contribution in [0.1, 0.15) is 20.3 Å².